The number of H-pyrrole nitrogens is 1. The number of rotatable bonds is 4. The van der Waals surface area contributed by atoms with Crippen LogP contribution in [0.4, 0.5) is 0 Å². The Morgan fingerprint density at radius 1 is 1.10 bits per heavy atom. The fourth-order valence-corrected chi connectivity index (χ4v) is 4.67. The summed E-state index contributed by atoms with van der Waals surface area (Å²) in [6.45, 7) is 4.27. The zero-order valence-electron chi connectivity index (χ0n) is 16.9. The topological polar surface area (TPSA) is 45.2 Å². The van der Waals surface area contributed by atoms with Gasteiger partial charge in [0.25, 0.3) is 0 Å². The third kappa shape index (κ3) is 3.73. The molecular formula is C26H26N2O. The van der Waals surface area contributed by atoms with Crippen LogP contribution in [-0.4, -0.2) is 11.2 Å². The van der Waals surface area contributed by atoms with E-state index in [0.29, 0.717) is 5.92 Å². The highest BCUT2D eigenvalue weighted by Crippen LogP contribution is 2.51. The molecule has 2 aliphatic rings. The Morgan fingerprint density at radius 3 is 2.72 bits per heavy atom. The predicted octanol–water partition coefficient (Wildman–Crippen LogP) is 5.38. The summed E-state index contributed by atoms with van der Waals surface area (Å²) < 4.78 is 0. The van der Waals surface area contributed by atoms with Gasteiger partial charge in [0.15, 0.2) is 0 Å². The molecule has 2 unspecified atom stereocenters. The van der Waals surface area contributed by atoms with E-state index >= 15 is 0 Å². The minimum absolute atomic E-state index is 0.0449. The zero-order valence-corrected chi connectivity index (χ0v) is 16.9. The van der Waals surface area contributed by atoms with Gasteiger partial charge in [-0.2, -0.15) is 0 Å². The quantitative estimate of drug-likeness (QED) is 0.431. The largest absolute Gasteiger partial charge is 0.326 e. The second kappa shape index (κ2) is 8.04. The summed E-state index contributed by atoms with van der Waals surface area (Å²) in [7, 11) is 0. The molecule has 2 aliphatic carbocycles. The Morgan fingerprint density at radius 2 is 1.93 bits per heavy atom. The minimum atomic E-state index is -0.427. The van der Waals surface area contributed by atoms with Crippen LogP contribution >= 0.6 is 0 Å². The fourth-order valence-electron chi connectivity index (χ4n) is 4.67. The molecule has 3 heteroatoms. The van der Waals surface area contributed by atoms with Crippen molar-refractivity contribution in [1.82, 2.24) is 4.98 Å². The maximum atomic E-state index is 11.9. The van der Waals surface area contributed by atoms with Gasteiger partial charge in [-0.15, -0.1) is 0 Å². The van der Waals surface area contributed by atoms with Gasteiger partial charge in [-0.3, -0.25) is 9.79 Å². The summed E-state index contributed by atoms with van der Waals surface area (Å²) in [5.41, 5.74) is 5.51. The van der Waals surface area contributed by atoms with Gasteiger partial charge in [0.2, 0.25) is 5.56 Å². The van der Waals surface area contributed by atoms with Crippen LogP contribution in [0.3, 0.4) is 0 Å². The van der Waals surface area contributed by atoms with Crippen LogP contribution < -0.4 is 5.56 Å². The van der Waals surface area contributed by atoms with Crippen molar-refractivity contribution < 1.29 is 0 Å². The van der Waals surface area contributed by atoms with Crippen molar-refractivity contribution in [3.8, 4) is 0 Å². The Hall–Kier alpha value is -3.20. The van der Waals surface area contributed by atoms with Crippen LogP contribution in [0.1, 0.15) is 37.1 Å². The van der Waals surface area contributed by atoms with Gasteiger partial charge in [0.1, 0.15) is 5.54 Å². The monoisotopic (exact) mass is 382 g/mol. The first-order valence-corrected chi connectivity index (χ1v) is 10.1. The van der Waals surface area contributed by atoms with E-state index in [4.69, 9.17) is 4.99 Å². The summed E-state index contributed by atoms with van der Waals surface area (Å²) in [5.74, 6) is 0.290. The molecule has 4 rings (SSSR count). The number of aromatic nitrogens is 1. The Labute approximate surface area is 171 Å². The van der Waals surface area contributed by atoms with Gasteiger partial charge < -0.3 is 4.98 Å². The summed E-state index contributed by atoms with van der Waals surface area (Å²) in [6, 6.07) is 13.8. The molecule has 0 aliphatic heterocycles. The zero-order chi connectivity index (χ0) is 20.3. The van der Waals surface area contributed by atoms with E-state index in [0.717, 1.165) is 24.1 Å². The number of aliphatic imine (C=N–C) groups is 1. The molecule has 2 atom stereocenters. The smallest absolute Gasteiger partial charge is 0.248 e. The molecule has 2 aromatic rings. The van der Waals surface area contributed by atoms with Crippen molar-refractivity contribution in [3.05, 3.63) is 111 Å². The van der Waals surface area contributed by atoms with E-state index < -0.39 is 5.54 Å². The predicted molar refractivity (Wildman–Crippen MR) is 121 cm³/mol. The van der Waals surface area contributed by atoms with Gasteiger partial charge in [-0.25, -0.2) is 0 Å². The molecule has 3 nitrogen and oxygen atoms in total. The lowest BCUT2D eigenvalue weighted by Crippen LogP contribution is -2.40. The van der Waals surface area contributed by atoms with E-state index in [2.05, 4.69) is 49.2 Å². The number of pyridine rings is 1. The first-order valence-electron chi connectivity index (χ1n) is 10.1. The van der Waals surface area contributed by atoms with E-state index in [-0.39, 0.29) is 5.56 Å². The van der Waals surface area contributed by atoms with Crippen molar-refractivity contribution in [2.24, 2.45) is 10.9 Å². The van der Waals surface area contributed by atoms with Crippen LogP contribution in [0.25, 0.3) is 6.08 Å². The molecule has 1 aromatic heterocycles. The molecule has 0 saturated heterocycles. The molecule has 1 N–H and O–H groups in total. The molecule has 1 aromatic carbocycles. The third-order valence-corrected chi connectivity index (χ3v) is 5.77. The first-order chi connectivity index (χ1) is 14.1. The van der Waals surface area contributed by atoms with Crippen molar-refractivity contribution in [2.45, 2.75) is 32.2 Å². The Bertz CT molecular complexity index is 1100. The van der Waals surface area contributed by atoms with Crippen LogP contribution in [0.15, 0.2) is 93.8 Å². The van der Waals surface area contributed by atoms with Crippen LogP contribution in [0.2, 0.25) is 0 Å². The number of nitrogens with one attached hydrogen (secondary N) is 1. The van der Waals surface area contributed by atoms with Crippen LogP contribution in [-0.2, 0) is 12.0 Å². The first kappa shape index (κ1) is 19.1. The number of hydrogen-bond acceptors (Lipinski definition) is 2. The lowest BCUT2D eigenvalue weighted by Gasteiger charge is -2.45. The highest BCUT2D eigenvalue weighted by Gasteiger charge is 2.46. The normalized spacial score (nSPS) is 25.1. The lowest BCUT2D eigenvalue weighted by atomic mass is 9.63. The van der Waals surface area contributed by atoms with Crippen molar-refractivity contribution in [2.75, 3.05) is 0 Å². The molecule has 146 valence electrons. The molecule has 29 heavy (non-hydrogen) atoms. The van der Waals surface area contributed by atoms with E-state index in [1.807, 2.05) is 48.7 Å². The number of fused-ring (bicyclic) bond motifs is 4. The number of aromatic amines is 1. The summed E-state index contributed by atoms with van der Waals surface area (Å²) >= 11 is 0. The van der Waals surface area contributed by atoms with Crippen molar-refractivity contribution in [1.29, 1.82) is 0 Å². The van der Waals surface area contributed by atoms with Crippen molar-refractivity contribution >= 4 is 12.3 Å². The highest BCUT2D eigenvalue weighted by atomic mass is 16.1. The van der Waals surface area contributed by atoms with Gasteiger partial charge >= 0.3 is 0 Å². The Kier molecular flexibility index (Phi) is 5.30. The van der Waals surface area contributed by atoms with Crippen LogP contribution in [0, 0.1) is 5.92 Å². The summed E-state index contributed by atoms with van der Waals surface area (Å²) in [6.07, 6.45) is 16.2. The van der Waals surface area contributed by atoms with Crippen LogP contribution in [0.5, 0.6) is 0 Å². The number of nitrogens with zero attached hydrogens (tertiary/aromatic N) is 1. The average molecular weight is 383 g/mol. The van der Waals surface area contributed by atoms with Gasteiger partial charge in [-0.05, 0) is 43.5 Å². The van der Waals surface area contributed by atoms with Crippen molar-refractivity contribution in [3.63, 3.8) is 0 Å². The van der Waals surface area contributed by atoms with Gasteiger partial charge in [-0.1, -0.05) is 66.3 Å². The summed E-state index contributed by atoms with van der Waals surface area (Å²) in [5, 5.41) is 0. The Balaban J connectivity index is 1.67. The maximum Gasteiger partial charge on any atom is 0.248 e. The second-order valence-electron chi connectivity index (χ2n) is 7.75. The molecule has 2 bridgehead atoms. The van der Waals surface area contributed by atoms with Gasteiger partial charge in [0, 0.05) is 35.9 Å². The van der Waals surface area contributed by atoms with E-state index in [9.17, 15) is 4.79 Å². The second-order valence-corrected chi connectivity index (χ2v) is 7.75. The average Bonchev–Trinajstić information content (AvgIpc) is 2.70. The number of hydrogen-bond donors (Lipinski definition) is 1. The highest BCUT2D eigenvalue weighted by molar-refractivity contribution is 5.74. The molecule has 0 radical (unpaired) electrons. The molecule has 1 heterocycles. The third-order valence-electron chi connectivity index (χ3n) is 5.77. The maximum absolute atomic E-state index is 11.9. The molecule has 0 saturated carbocycles. The fraction of sp³-hybridized carbons (Fsp3) is 0.231. The van der Waals surface area contributed by atoms with E-state index in [1.165, 1.54) is 16.7 Å². The standard InChI is InChI=1S/C26H26N2O/c1-3-22-21-16-19(2)18-26(22,23-13-14-25(29)28-24(23)17-21)27-15-9-5-8-12-20-10-6-4-7-11-20/h3-16,21H,17-18H2,1-2H3,(H,28,29). The molecule has 0 amide bonds. The summed E-state index contributed by atoms with van der Waals surface area (Å²) in [4.78, 5) is 20.0. The van der Waals surface area contributed by atoms with E-state index in [1.54, 1.807) is 6.07 Å². The molecular weight excluding hydrogens is 356 g/mol. The molecule has 0 spiro atoms. The SMILES string of the molecule is CC=C1C2C=C(C)CC1(N=CC=CC=Cc1ccccc1)c1ccc(=O)[nH]c1C2. The van der Waals surface area contributed by atoms with Gasteiger partial charge in [0.05, 0.1) is 0 Å². The minimum Gasteiger partial charge on any atom is -0.326 e. The molecule has 0 fully saturated rings. The number of benzene rings is 1. The number of allylic oxidation sites excluding steroid dienone is 5. The lowest BCUT2D eigenvalue weighted by molar-refractivity contribution is 0.413.